The number of methoxy groups -OCH3 is 1. The summed E-state index contributed by atoms with van der Waals surface area (Å²) in [6.45, 7) is 0.685. The van der Waals surface area contributed by atoms with Crippen molar-refractivity contribution in [3.8, 4) is 22.6 Å². The van der Waals surface area contributed by atoms with E-state index in [-0.39, 0.29) is 13.0 Å². The molecular weight excluding hydrogens is 406 g/mol. The fraction of sp³-hybridized carbons (Fsp3) is 0.200. The number of hydrogen-bond acceptors (Lipinski definition) is 5. The molecule has 3 aromatic carbocycles. The minimum Gasteiger partial charge on any atom is -0.497 e. The molecule has 1 aromatic heterocycles. The first-order chi connectivity index (χ1) is 15.5. The average Bonchev–Trinajstić information content (AvgIpc) is 3.13. The van der Waals surface area contributed by atoms with Gasteiger partial charge in [-0.1, -0.05) is 30.3 Å². The molecule has 0 spiro atoms. The Balaban J connectivity index is 1.67. The van der Waals surface area contributed by atoms with Crippen LogP contribution in [-0.4, -0.2) is 28.0 Å². The number of fused-ring (bicyclic) bond motifs is 1. The quantitative estimate of drug-likeness (QED) is 0.439. The highest BCUT2D eigenvalue weighted by atomic mass is 16.5. The van der Waals surface area contributed by atoms with Gasteiger partial charge in [-0.15, -0.1) is 0 Å². The van der Waals surface area contributed by atoms with E-state index in [1.807, 2.05) is 29.9 Å². The van der Waals surface area contributed by atoms with Crippen molar-refractivity contribution < 1.29 is 19.4 Å². The monoisotopic (exact) mass is 431 g/mol. The van der Waals surface area contributed by atoms with Gasteiger partial charge in [0, 0.05) is 30.6 Å². The number of hydrogen-bond donors (Lipinski definition) is 2. The molecule has 0 aliphatic heterocycles. The maximum Gasteiger partial charge on any atom is 0.307 e. The molecule has 0 radical (unpaired) electrons. The smallest absolute Gasteiger partial charge is 0.307 e. The minimum atomic E-state index is -0.923. The number of nitrogens with zero attached hydrogens (tertiary/aromatic N) is 2. The Morgan fingerprint density at radius 1 is 1.09 bits per heavy atom. The van der Waals surface area contributed by atoms with E-state index in [4.69, 9.17) is 15.2 Å². The second kappa shape index (κ2) is 9.11. The van der Waals surface area contributed by atoms with Crippen molar-refractivity contribution >= 4 is 16.9 Å². The van der Waals surface area contributed by atoms with E-state index in [9.17, 15) is 9.90 Å². The molecule has 0 amide bonds. The van der Waals surface area contributed by atoms with Gasteiger partial charge in [-0.2, -0.15) is 5.10 Å². The average molecular weight is 431 g/mol. The van der Waals surface area contributed by atoms with Crippen LogP contribution in [0, 0.1) is 0 Å². The molecule has 1 heterocycles. The molecule has 0 fully saturated rings. The van der Waals surface area contributed by atoms with Crippen LogP contribution in [0.5, 0.6) is 11.5 Å². The van der Waals surface area contributed by atoms with E-state index >= 15 is 0 Å². The van der Waals surface area contributed by atoms with Gasteiger partial charge in [0.1, 0.15) is 23.8 Å². The fourth-order valence-corrected chi connectivity index (χ4v) is 3.75. The summed E-state index contributed by atoms with van der Waals surface area (Å²) in [7, 11) is 3.45. The Kier molecular flexibility index (Phi) is 6.09. The van der Waals surface area contributed by atoms with Crippen molar-refractivity contribution in [2.24, 2.45) is 12.8 Å². The Labute approximate surface area is 186 Å². The van der Waals surface area contributed by atoms with Gasteiger partial charge in [-0.3, -0.25) is 9.48 Å². The fourth-order valence-electron chi connectivity index (χ4n) is 3.75. The first kappa shape index (κ1) is 21.4. The lowest BCUT2D eigenvalue weighted by molar-refractivity contribution is -0.136. The number of aromatic nitrogens is 2. The molecule has 0 bridgehead atoms. The number of aryl methyl sites for hydroxylation is 1. The summed E-state index contributed by atoms with van der Waals surface area (Å²) in [5.41, 5.74) is 11.4. The molecule has 7 nitrogen and oxygen atoms in total. The third-order valence-electron chi connectivity index (χ3n) is 5.40. The first-order valence-electron chi connectivity index (χ1n) is 10.2. The van der Waals surface area contributed by atoms with Crippen LogP contribution in [0.1, 0.15) is 16.8 Å². The van der Waals surface area contributed by atoms with E-state index in [0.29, 0.717) is 23.6 Å². The number of carboxylic acids is 1. The lowest BCUT2D eigenvalue weighted by Crippen LogP contribution is -2.05. The zero-order valence-corrected chi connectivity index (χ0v) is 18.0. The van der Waals surface area contributed by atoms with Gasteiger partial charge >= 0.3 is 5.97 Å². The molecule has 4 rings (SSSR count). The van der Waals surface area contributed by atoms with E-state index in [0.717, 1.165) is 33.3 Å². The number of nitrogens with two attached hydrogens (primary N) is 1. The molecule has 164 valence electrons. The highest BCUT2D eigenvalue weighted by molar-refractivity contribution is 5.87. The molecule has 0 unspecified atom stereocenters. The Bertz CT molecular complexity index is 1280. The summed E-state index contributed by atoms with van der Waals surface area (Å²) in [6, 6.07) is 19.5. The normalized spacial score (nSPS) is 11.0. The van der Waals surface area contributed by atoms with Crippen LogP contribution in [-0.2, 0) is 31.4 Å². The first-order valence-corrected chi connectivity index (χ1v) is 10.2. The summed E-state index contributed by atoms with van der Waals surface area (Å²) in [5, 5.41) is 14.8. The standard InChI is InChI=1S/C25H25N3O4/c1-28-23-9-7-18(17-5-3-4-16(10-17)14-26)11-21(23)22(27-28)15-32-24-13-20(31-2)8-6-19(24)12-25(29)30/h3-11,13H,12,14-15,26H2,1-2H3,(H,29,30). The number of aliphatic carboxylic acids is 1. The Hall–Kier alpha value is -3.84. The SMILES string of the molecule is COc1ccc(CC(=O)O)c(OCc2nn(C)c3ccc(-c4cccc(CN)c4)cc23)c1. The van der Waals surface area contributed by atoms with Crippen LogP contribution in [0.3, 0.4) is 0 Å². The second-order valence-electron chi connectivity index (χ2n) is 7.54. The molecule has 0 atom stereocenters. The molecule has 32 heavy (non-hydrogen) atoms. The topological polar surface area (TPSA) is 99.6 Å². The van der Waals surface area contributed by atoms with Crippen molar-refractivity contribution in [3.63, 3.8) is 0 Å². The number of rotatable bonds is 8. The zero-order chi connectivity index (χ0) is 22.7. The van der Waals surface area contributed by atoms with Crippen molar-refractivity contribution in [1.82, 2.24) is 9.78 Å². The zero-order valence-electron chi connectivity index (χ0n) is 18.0. The molecule has 7 heteroatoms. The summed E-state index contributed by atoms with van der Waals surface area (Å²) >= 11 is 0. The molecule has 0 aliphatic rings. The largest absolute Gasteiger partial charge is 0.497 e. The number of ether oxygens (including phenoxy) is 2. The van der Waals surface area contributed by atoms with Gasteiger partial charge in [0.15, 0.2) is 0 Å². The third-order valence-corrected chi connectivity index (χ3v) is 5.40. The highest BCUT2D eigenvalue weighted by Crippen LogP contribution is 2.30. The number of benzene rings is 3. The van der Waals surface area contributed by atoms with Crippen molar-refractivity contribution in [2.75, 3.05) is 7.11 Å². The van der Waals surface area contributed by atoms with Gasteiger partial charge in [-0.05, 0) is 41.0 Å². The van der Waals surface area contributed by atoms with E-state index in [1.54, 1.807) is 25.3 Å². The molecular formula is C25H25N3O4. The maximum atomic E-state index is 11.2. The molecule has 4 aromatic rings. The number of carboxylic acid groups (broad SMARTS) is 1. The Morgan fingerprint density at radius 3 is 2.66 bits per heavy atom. The van der Waals surface area contributed by atoms with Crippen LogP contribution in [0.4, 0.5) is 0 Å². The van der Waals surface area contributed by atoms with Crippen LogP contribution in [0.15, 0.2) is 60.7 Å². The summed E-state index contributed by atoms with van der Waals surface area (Å²) in [6.07, 6.45) is -0.135. The summed E-state index contributed by atoms with van der Waals surface area (Å²) < 4.78 is 13.1. The predicted molar refractivity (Wildman–Crippen MR) is 123 cm³/mol. The summed E-state index contributed by atoms with van der Waals surface area (Å²) in [4.78, 5) is 11.2. The second-order valence-corrected chi connectivity index (χ2v) is 7.54. The van der Waals surface area contributed by atoms with Gasteiger partial charge < -0.3 is 20.3 Å². The van der Waals surface area contributed by atoms with Gasteiger partial charge in [-0.25, -0.2) is 0 Å². The number of carbonyl (C=O) groups is 1. The van der Waals surface area contributed by atoms with E-state index in [1.165, 1.54) is 0 Å². The van der Waals surface area contributed by atoms with Crippen LogP contribution >= 0.6 is 0 Å². The molecule has 3 N–H and O–H groups in total. The lowest BCUT2D eigenvalue weighted by atomic mass is 10.0. The molecule has 0 saturated heterocycles. The Morgan fingerprint density at radius 2 is 1.91 bits per heavy atom. The predicted octanol–water partition coefficient (Wildman–Crippen LogP) is 3.91. The third kappa shape index (κ3) is 4.43. The van der Waals surface area contributed by atoms with Crippen LogP contribution in [0.2, 0.25) is 0 Å². The lowest BCUT2D eigenvalue weighted by Gasteiger charge is -2.11. The summed E-state index contributed by atoms with van der Waals surface area (Å²) in [5.74, 6) is 0.145. The van der Waals surface area contributed by atoms with Gasteiger partial charge in [0.2, 0.25) is 0 Å². The minimum absolute atomic E-state index is 0.135. The van der Waals surface area contributed by atoms with Crippen LogP contribution in [0.25, 0.3) is 22.0 Å². The molecule has 0 saturated carbocycles. The van der Waals surface area contributed by atoms with Crippen molar-refractivity contribution in [2.45, 2.75) is 19.6 Å². The van der Waals surface area contributed by atoms with E-state index in [2.05, 4.69) is 29.4 Å². The van der Waals surface area contributed by atoms with Crippen molar-refractivity contribution in [1.29, 1.82) is 0 Å². The maximum absolute atomic E-state index is 11.2. The van der Waals surface area contributed by atoms with E-state index < -0.39 is 5.97 Å². The van der Waals surface area contributed by atoms with Crippen LogP contribution < -0.4 is 15.2 Å². The van der Waals surface area contributed by atoms with Gasteiger partial charge in [0.25, 0.3) is 0 Å². The highest BCUT2D eigenvalue weighted by Gasteiger charge is 2.14. The van der Waals surface area contributed by atoms with Crippen molar-refractivity contribution in [3.05, 3.63) is 77.5 Å². The molecule has 0 aliphatic carbocycles. The van der Waals surface area contributed by atoms with Gasteiger partial charge in [0.05, 0.1) is 19.0 Å².